The van der Waals surface area contributed by atoms with Crippen molar-refractivity contribution in [2.45, 2.75) is 6.54 Å². The molecule has 1 fully saturated rings. The van der Waals surface area contributed by atoms with Crippen molar-refractivity contribution in [2.75, 3.05) is 7.11 Å². The molecule has 30 heavy (non-hydrogen) atoms. The van der Waals surface area contributed by atoms with Crippen LogP contribution in [0.25, 0.3) is 17.4 Å². The van der Waals surface area contributed by atoms with Crippen molar-refractivity contribution in [3.05, 3.63) is 79.4 Å². The fourth-order valence-electron chi connectivity index (χ4n) is 2.94. The van der Waals surface area contributed by atoms with Crippen LogP contribution in [-0.4, -0.2) is 23.2 Å². The zero-order valence-electron chi connectivity index (χ0n) is 15.7. The first-order chi connectivity index (χ1) is 14.4. The summed E-state index contributed by atoms with van der Waals surface area (Å²) in [5.74, 6) is 1.34. The third-order valence-corrected chi connectivity index (χ3v) is 6.39. The Morgan fingerprint density at radius 2 is 1.90 bits per heavy atom. The lowest BCUT2D eigenvalue weighted by Crippen LogP contribution is -2.27. The molecule has 1 aromatic heterocycles. The van der Waals surface area contributed by atoms with Crippen molar-refractivity contribution >= 4 is 63.2 Å². The number of halogens is 2. The largest absolute Gasteiger partial charge is 0.495 e. The summed E-state index contributed by atoms with van der Waals surface area (Å²) in [6.45, 7) is 0.243. The van der Waals surface area contributed by atoms with Gasteiger partial charge in [-0.25, -0.2) is 0 Å². The summed E-state index contributed by atoms with van der Waals surface area (Å²) in [6, 6.07) is 16.6. The Bertz CT molecular complexity index is 1160. The van der Waals surface area contributed by atoms with E-state index in [9.17, 15) is 9.59 Å². The van der Waals surface area contributed by atoms with E-state index in [0.717, 1.165) is 26.5 Å². The molecule has 0 aliphatic carbocycles. The highest BCUT2D eigenvalue weighted by Gasteiger charge is 2.35. The number of imide groups is 1. The minimum Gasteiger partial charge on any atom is -0.495 e. The minimum absolute atomic E-state index is 0.243. The Kier molecular flexibility index (Phi) is 6.21. The number of ether oxygens (including phenoxy) is 1. The maximum Gasteiger partial charge on any atom is 0.293 e. The normalized spacial score (nSPS) is 15.3. The monoisotopic (exact) mass is 551 g/mol. The van der Waals surface area contributed by atoms with Crippen molar-refractivity contribution in [1.82, 2.24) is 4.90 Å². The molecule has 0 saturated carbocycles. The number of benzene rings is 2. The fraction of sp³-hybridized carbons (Fsp3) is 0.0909. The number of hydrogen-bond donors (Lipinski definition) is 0. The molecule has 0 N–H and O–H groups in total. The lowest BCUT2D eigenvalue weighted by atomic mass is 10.2. The van der Waals surface area contributed by atoms with E-state index in [2.05, 4.69) is 22.6 Å². The van der Waals surface area contributed by atoms with E-state index in [1.54, 1.807) is 37.5 Å². The second kappa shape index (κ2) is 8.87. The Morgan fingerprint density at radius 3 is 2.60 bits per heavy atom. The van der Waals surface area contributed by atoms with Crippen molar-refractivity contribution in [3.8, 4) is 17.1 Å². The van der Waals surface area contributed by atoms with E-state index in [1.807, 2.05) is 30.3 Å². The van der Waals surface area contributed by atoms with Crippen molar-refractivity contribution in [1.29, 1.82) is 0 Å². The standard InChI is InChI=1S/C22H15ClINO4S/c1-28-19-8-4-14(10-17(19)23)18-9-7-16(29-18)11-20-21(26)25(22(27)30-20)12-13-2-5-15(24)6-3-13/h2-11H,12H2,1H3/b20-11-. The summed E-state index contributed by atoms with van der Waals surface area (Å²) in [6.07, 6.45) is 1.59. The zero-order chi connectivity index (χ0) is 21.3. The van der Waals surface area contributed by atoms with Gasteiger partial charge in [-0.15, -0.1) is 0 Å². The quantitative estimate of drug-likeness (QED) is 0.269. The predicted octanol–water partition coefficient (Wildman–Crippen LogP) is 6.45. The average Bonchev–Trinajstić information content (AvgIpc) is 3.30. The first-order valence-electron chi connectivity index (χ1n) is 8.88. The molecule has 2 heterocycles. The van der Waals surface area contributed by atoms with Crippen LogP contribution in [0.4, 0.5) is 4.79 Å². The lowest BCUT2D eigenvalue weighted by molar-refractivity contribution is -0.123. The molecule has 4 rings (SSSR count). The second-order valence-corrected chi connectivity index (χ2v) is 9.09. The average molecular weight is 552 g/mol. The number of thioether (sulfide) groups is 1. The maximum absolute atomic E-state index is 12.7. The van der Waals surface area contributed by atoms with Crippen LogP contribution in [0.2, 0.25) is 5.02 Å². The van der Waals surface area contributed by atoms with Crippen molar-refractivity contribution < 1.29 is 18.7 Å². The topological polar surface area (TPSA) is 59.8 Å². The SMILES string of the molecule is COc1ccc(-c2ccc(/C=C3\SC(=O)N(Cc4ccc(I)cc4)C3=O)o2)cc1Cl. The van der Waals surface area contributed by atoms with Gasteiger partial charge < -0.3 is 9.15 Å². The number of nitrogens with zero attached hydrogens (tertiary/aromatic N) is 1. The molecule has 2 amide bonds. The zero-order valence-corrected chi connectivity index (χ0v) is 19.5. The third-order valence-electron chi connectivity index (χ3n) is 4.46. The molecule has 152 valence electrons. The van der Waals surface area contributed by atoms with Gasteiger partial charge in [-0.3, -0.25) is 14.5 Å². The summed E-state index contributed by atoms with van der Waals surface area (Å²) >= 11 is 9.30. The molecule has 0 bridgehead atoms. The van der Waals surface area contributed by atoms with Crippen LogP contribution in [0, 0.1) is 3.57 Å². The molecule has 8 heteroatoms. The van der Waals surface area contributed by atoms with Crippen LogP contribution in [0.5, 0.6) is 5.75 Å². The molecular formula is C22H15ClINO4S. The molecule has 1 aliphatic heterocycles. The summed E-state index contributed by atoms with van der Waals surface area (Å²) in [5, 5.41) is 0.184. The van der Waals surface area contributed by atoms with Gasteiger partial charge in [0.2, 0.25) is 0 Å². The lowest BCUT2D eigenvalue weighted by Gasteiger charge is -2.12. The summed E-state index contributed by atoms with van der Waals surface area (Å²) in [4.78, 5) is 26.6. The van der Waals surface area contributed by atoms with Gasteiger partial charge in [-0.05, 0) is 82.4 Å². The molecule has 3 aromatic rings. The van der Waals surface area contributed by atoms with Gasteiger partial charge in [0.1, 0.15) is 17.3 Å². The molecule has 0 atom stereocenters. The first-order valence-corrected chi connectivity index (χ1v) is 11.2. The summed E-state index contributed by atoms with van der Waals surface area (Å²) < 4.78 is 12.1. The maximum atomic E-state index is 12.7. The highest BCUT2D eigenvalue weighted by atomic mass is 127. The number of amides is 2. The number of carbonyl (C=O) groups is 2. The van der Waals surface area contributed by atoms with Gasteiger partial charge in [-0.2, -0.15) is 0 Å². The smallest absolute Gasteiger partial charge is 0.293 e. The number of furan rings is 1. The van der Waals surface area contributed by atoms with E-state index in [4.69, 9.17) is 20.8 Å². The molecule has 0 unspecified atom stereocenters. The van der Waals surface area contributed by atoms with Gasteiger partial charge in [-0.1, -0.05) is 23.7 Å². The molecule has 2 aromatic carbocycles. The Morgan fingerprint density at radius 1 is 1.13 bits per heavy atom. The Balaban J connectivity index is 1.52. The summed E-state index contributed by atoms with van der Waals surface area (Å²) in [7, 11) is 1.55. The highest BCUT2D eigenvalue weighted by Crippen LogP contribution is 2.35. The van der Waals surface area contributed by atoms with Gasteiger partial charge in [0.25, 0.3) is 11.1 Å². The number of rotatable bonds is 5. The van der Waals surface area contributed by atoms with Crippen LogP contribution >= 0.6 is 46.0 Å². The molecule has 5 nitrogen and oxygen atoms in total. The molecule has 0 radical (unpaired) electrons. The van der Waals surface area contributed by atoms with Gasteiger partial charge in [0, 0.05) is 15.2 Å². The number of carbonyl (C=O) groups excluding carboxylic acids is 2. The van der Waals surface area contributed by atoms with Crippen molar-refractivity contribution in [3.63, 3.8) is 0 Å². The van der Waals surface area contributed by atoms with Gasteiger partial charge in [0.05, 0.1) is 23.6 Å². The number of hydrogen-bond acceptors (Lipinski definition) is 5. The Hall–Kier alpha value is -2.23. The van der Waals surface area contributed by atoms with Crippen LogP contribution in [0.1, 0.15) is 11.3 Å². The van der Waals surface area contributed by atoms with Crippen LogP contribution in [0.3, 0.4) is 0 Å². The minimum atomic E-state index is -0.325. The van der Waals surface area contributed by atoms with E-state index in [0.29, 0.717) is 27.2 Å². The van der Waals surface area contributed by atoms with E-state index < -0.39 is 0 Å². The Labute approximate surface area is 196 Å². The molecular weight excluding hydrogens is 537 g/mol. The van der Waals surface area contributed by atoms with E-state index in [-0.39, 0.29) is 17.7 Å². The fourth-order valence-corrected chi connectivity index (χ4v) is 4.38. The molecule has 1 saturated heterocycles. The summed E-state index contributed by atoms with van der Waals surface area (Å²) in [5.41, 5.74) is 1.68. The van der Waals surface area contributed by atoms with Gasteiger partial charge in [0.15, 0.2) is 0 Å². The van der Waals surface area contributed by atoms with E-state index in [1.165, 1.54) is 4.90 Å². The van der Waals surface area contributed by atoms with Crippen LogP contribution in [-0.2, 0) is 11.3 Å². The predicted molar refractivity (Wildman–Crippen MR) is 126 cm³/mol. The van der Waals surface area contributed by atoms with Gasteiger partial charge >= 0.3 is 0 Å². The molecule has 1 aliphatic rings. The van der Waals surface area contributed by atoms with Crippen molar-refractivity contribution in [2.24, 2.45) is 0 Å². The molecule has 0 spiro atoms. The number of methoxy groups -OCH3 is 1. The highest BCUT2D eigenvalue weighted by molar-refractivity contribution is 14.1. The first kappa shape index (κ1) is 21.0. The second-order valence-electron chi connectivity index (χ2n) is 6.45. The van der Waals surface area contributed by atoms with Crippen LogP contribution in [0.15, 0.2) is 63.9 Å². The van der Waals surface area contributed by atoms with Crippen LogP contribution < -0.4 is 4.74 Å². The van der Waals surface area contributed by atoms with E-state index >= 15 is 0 Å². The third kappa shape index (κ3) is 4.43.